The van der Waals surface area contributed by atoms with Gasteiger partial charge in [-0.05, 0) is 6.92 Å². The predicted octanol–water partition coefficient (Wildman–Crippen LogP) is -1.21. The number of aromatic nitrogens is 3. The first-order chi connectivity index (χ1) is 7.52. The minimum Gasteiger partial charge on any atom is -0.387 e. The monoisotopic (exact) mass is 227 g/mol. The largest absolute Gasteiger partial charge is 0.387 e. The third-order valence-corrected chi connectivity index (χ3v) is 1.77. The van der Waals surface area contributed by atoms with Crippen LogP contribution in [0.1, 0.15) is 18.7 Å². The molecule has 0 aromatic carbocycles. The maximum absolute atomic E-state index is 11.2. The lowest BCUT2D eigenvalue weighted by Gasteiger charge is -2.02. The van der Waals surface area contributed by atoms with E-state index in [4.69, 9.17) is 0 Å². The molecule has 0 spiro atoms. The van der Waals surface area contributed by atoms with Gasteiger partial charge in [-0.15, -0.1) is 5.10 Å². The van der Waals surface area contributed by atoms with Crippen LogP contribution in [0, 0.1) is 0 Å². The van der Waals surface area contributed by atoms with E-state index in [0.717, 1.165) is 0 Å². The van der Waals surface area contributed by atoms with Crippen LogP contribution in [0.5, 0.6) is 0 Å². The van der Waals surface area contributed by atoms with Crippen molar-refractivity contribution in [3.63, 3.8) is 0 Å². The van der Waals surface area contributed by atoms with Crippen molar-refractivity contribution in [2.75, 3.05) is 7.05 Å². The average molecular weight is 227 g/mol. The molecule has 0 saturated heterocycles. The highest BCUT2D eigenvalue weighted by Gasteiger charge is 2.10. The van der Waals surface area contributed by atoms with Crippen LogP contribution >= 0.6 is 0 Å². The van der Waals surface area contributed by atoms with E-state index in [9.17, 15) is 14.7 Å². The van der Waals surface area contributed by atoms with Gasteiger partial charge in [-0.25, -0.2) is 9.48 Å². The quantitative estimate of drug-likeness (QED) is 0.600. The van der Waals surface area contributed by atoms with Gasteiger partial charge < -0.3 is 10.4 Å². The predicted molar refractivity (Wildman–Crippen MR) is 53.3 cm³/mol. The molecule has 0 fully saturated rings. The van der Waals surface area contributed by atoms with E-state index in [1.165, 1.54) is 17.9 Å². The number of imide groups is 1. The summed E-state index contributed by atoms with van der Waals surface area (Å²) in [6.45, 7) is 1.41. The Hall–Kier alpha value is -1.96. The molecule has 3 amide bonds. The average Bonchev–Trinajstić information content (AvgIpc) is 2.65. The zero-order valence-corrected chi connectivity index (χ0v) is 8.97. The van der Waals surface area contributed by atoms with Crippen molar-refractivity contribution in [1.29, 1.82) is 0 Å². The molecular formula is C8H13N5O3. The van der Waals surface area contributed by atoms with Gasteiger partial charge in [-0.3, -0.25) is 10.1 Å². The number of aliphatic hydroxyl groups is 1. The molecule has 8 heteroatoms. The van der Waals surface area contributed by atoms with Crippen molar-refractivity contribution in [3.05, 3.63) is 11.9 Å². The Morgan fingerprint density at radius 1 is 1.62 bits per heavy atom. The standard InChI is InChI=1S/C8H13N5O3/c1-5(14)6-3-13(12-11-6)4-7(15)10-8(16)9-2/h3,5,14H,4H2,1-2H3,(H2,9,10,15,16). The van der Waals surface area contributed by atoms with E-state index in [-0.39, 0.29) is 6.54 Å². The lowest BCUT2D eigenvalue weighted by atomic mass is 10.3. The number of rotatable bonds is 3. The molecule has 0 aliphatic heterocycles. The van der Waals surface area contributed by atoms with Crippen LogP contribution < -0.4 is 10.6 Å². The van der Waals surface area contributed by atoms with Gasteiger partial charge in [-0.2, -0.15) is 0 Å². The Kier molecular flexibility index (Phi) is 3.95. The highest BCUT2D eigenvalue weighted by Crippen LogP contribution is 2.05. The summed E-state index contributed by atoms with van der Waals surface area (Å²) in [6.07, 6.45) is 0.699. The van der Waals surface area contributed by atoms with Crippen LogP contribution in [0.3, 0.4) is 0 Å². The smallest absolute Gasteiger partial charge is 0.321 e. The van der Waals surface area contributed by atoms with Crippen molar-refractivity contribution >= 4 is 11.9 Å². The first-order valence-electron chi connectivity index (χ1n) is 4.62. The van der Waals surface area contributed by atoms with E-state index in [0.29, 0.717) is 5.69 Å². The first-order valence-corrected chi connectivity index (χ1v) is 4.62. The van der Waals surface area contributed by atoms with Crippen LogP contribution in [0.2, 0.25) is 0 Å². The van der Waals surface area contributed by atoms with Crippen molar-refractivity contribution in [2.45, 2.75) is 19.6 Å². The van der Waals surface area contributed by atoms with E-state index < -0.39 is 18.0 Å². The normalized spacial score (nSPS) is 11.9. The number of nitrogens with one attached hydrogen (secondary N) is 2. The summed E-state index contributed by atoms with van der Waals surface area (Å²) in [5.74, 6) is -0.513. The summed E-state index contributed by atoms with van der Waals surface area (Å²) in [4.78, 5) is 22.0. The van der Waals surface area contributed by atoms with E-state index >= 15 is 0 Å². The Labute approximate surface area is 91.6 Å². The summed E-state index contributed by atoms with van der Waals surface area (Å²) in [7, 11) is 1.41. The molecule has 0 aliphatic rings. The van der Waals surface area contributed by atoms with Gasteiger partial charge in [0.1, 0.15) is 12.2 Å². The molecule has 0 bridgehead atoms. The number of nitrogens with zero attached hydrogens (tertiary/aromatic N) is 3. The van der Waals surface area contributed by atoms with Gasteiger partial charge in [0.05, 0.1) is 12.3 Å². The zero-order valence-electron chi connectivity index (χ0n) is 8.97. The summed E-state index contributed by atoms with van der Waals surface area (Å²) in [5.41, 5.74) is 0.368. The fourth-order valence-electron chi connectivity index (χ4n) is 0.958. The summed E-state index contributed by atoms with van der Waals surface area (Å²) >= 11 is 0. The molecular weight excluding hydrogens is 214 g/mol. The molecule has 1 atom stereocenters. The number of hydrogen-bond donors (Lipinski definition) is 3. The molecule has 16 heavy (non-hydrogen) atoms. The fourth-order valence-corrected chi connectivity index (χ4v) is 0.958. The molecule has 0 saturated carbocycles. The molecule has 1 aromatic rings. The Balaban J connectivity index is 2.53. The number of urea groups is 1. The molecule has 0 radical (unpaired) electrons. The summed E-state index contributed by atoms with van der Waals surface area (Å²) in [6, 6.07) is -0.583. The lowest BCUT2D eigenvalue weighted by molar-refractivity contribution is -0.120. The molecule has 1 heterocycles. The molecule has 8 nitrogen and oxygen atoms in total. The van der Waals surface area contributed by atoms with E-state index in [2.05, 4.69) is 20.9 Å². The van der Waals surface area contributed by atoms with Gasteiger partial charge in [0.15, 0.2) is 0 Å². The van der Waals surface area contributed by atoms with Crippen LogP contribution in [0.25, 0.3) is 0 Å². The molecule has 0 aliphatic carbocycles. The Bertz CT molecular complexity index is 387. The highest BCUT2D eigenvalue weighted by atomic mass is 16.3. The molecule has 1 unspecified atom stereocenters. The van der Waals surface area contributed by atoms with Gasteiger partial charge in [-0.1, -0.05) is 5.21 Å². The lowest BCUT2D eigenvalue weighted by Crippen LogP contribution is -2.39. The van der Waals surface area contributed by atoms with Gasteiger partial charge in [0, 0.05) is 7.05 Å². The second kappa shape index (κ2) is 5.21. The maximum Gasteiger partial charge on any atom is 0.321 e. The number of carbonyl (C=O) groups is 2. The maximum atomic E-state index is 11.2. The first kappa shape index (κ1) is 12.1. The third-order valence-electron chi connectivity index (χ3n) is 1.77. The molecule has 3 N–H and O–H groups in total. The van der Waals surface area contributed by atoms with E-state index in [1.54, 1.807) is 6.92 Å². The van der Waals surface area contributed by atoms with Crippen LogP contribution in [-0.4, -0.2) is 39.1 Å². The number of carbonyl (C=O) groups excluding carboxylic acids is 2. The second-order valence-electron chi connectivity index (χ2n) is 3.14. The van der Waals surface area contributed by atoms with Gasteiger partial charge >= 0.3 is 6.03 Å². The van der Waals surface area contributed by atoms with Gasteiger partial charge in [0.25, 0.3) is 0 Å². The van der Waals surface area contributed by atoms with Crippen molar-refractivity contribution in [1.82, 2.24) is 25.6 Å². The minimum atomic E-state index is -0.740. The minimum absolute atomic E-state index is 0.132. The Morgan fingerprint density at radius 3 is 2.81 bits per heavy atom. The van der Waals surface area contributed by atoms with Gasteiger partial charge in [0.2, 0.25) is 5.91 Å². The topological polar surface area (TPSA) is 109 Å². The van der Waals surface area contributed by atoms with Crippen LogP contribution in [0.4, 0.5) is 4.79 Å². The SMILES string of the molecule is CNC(=O)NC(=O)Cn1cc(C(C)O)nn1. The summed E-state index contributed by atoms with van der Waals surface area (Å²) < 4.78 is 1.24. The number of aliphatic hydroxyl groups excluding tert-OH is 1. The fraction of sp³-hybridized carbons (Fsp3) is 0.500. The van der Waals surface area contributed by atoms with Crippen molar-refractivity contribution in [3.8, 4) is 0 Å². The number of amides is 3. The Morgan fingerprint density at radius 2 is 2.31 bits per heavy atom. The van der Waals surface area contributed by atoms with Crippen LogP contribution in [-0.2, 0) is 11.3 Å². The molecule has 1 rings (SSSR count). The van der Waals surface area contributed by atoms with Crippen molar-refractivity contribution < 1.29 is 14.7 Å². The number of hydrogen-bond acceptors (Lipinski definition) is 5. The molecule has 1 aromatic heterocycles. The van der Waals surface area contributed by atoms with Crippen molar-refractivity contribution in [2.24, 2.45) is 0 Å². The molecule has 88 valence electrons. The van der Waals surface area contributed by atoms with E-state index in [1.807, 2.05) is 0 Å². The van der Waals surface area contributed by atoms with Crippen LogP contribution in [0.15, 0.2) is 6.20 Å². The summed E-state index contributed by atoms with van der Waals surface area (Å²) in [5, 5.41) is 20.8. The highest BCUT2D eigenvalue weighted by molar-refractivity contribution is 5.93. The second-order valence-corrected chi connectivity index (χ2v) is 3.14. The zero-order chi connectivity index (χ0) is 12.1. The third kappa shape index (κ3) is 3.31.